The lowest BCUT2D eigenvalue weighted by Crippen LogP contribution is -2.10. The summed E-state index contributed by atoms with van der Waals surface area (Å²) in [4.78, 5) is 13.1. The summed E-state index contributed by atoms with van der Waals surface area (Å²) in [6.07, 6.45) is -0.760. The van der Waals surface area contributed by atoms with Crippen LogP contribution in [0.15, 0.2) is 40.1 Å². The van der Waals surface area contributed by atoms with Crippen LogP contribution in [0.5, 0.6) is 11.5 Å². The van der Waals surface area contributed by atoms with Crippen LogP contribution in [0.25, 0.3) is 10.8 Å². The Morgan fingerprint density at radius 3 is 2.88 bits per heavy atom. The molecule has 124 valence electrons. The van der Waals surface area contributed by atoms with Gasteiger partial charge in [0, 0.05) is 0 Å². The third-order valence-electron chi connectivity index (χ3n) is 3.23. The molecule has 0 aliphatic carbocycles. The second kappa shape index (κ2) is 6.71. The summed E-state index contributed by atoms with van der Waals surface area (Å²) in [6.45, 7) is 1.61. The lowest BCUT2D eigenvalue weighted by molar-refractivity contribution is 0.0276. The Morgan fingerprint density at radius 1 is 1.33 bits per heavy atom. The molecule has 0 radical (unpaired) electrons. The van der Waals surface area contributed by atoms with Gasteiger partial charge in [-0.25, -0.2) is 4.79 Å². The number of rotatable bonds is 5. The Kier molecular flexibility index (Phi) is 4.48. The smallest absolute Gasteiger partial charge is 0.342 e. The number of carbonyl (C=O) groups is 1. The van der Waals surface area contributed by atoms with Crippen molar-refractivity contribution in [3.63, 3.8) is 0 Å². The number of nitrogens with zero attached hydrogens (tertiary/aromatic N) is 2. The summed E-state index contributed by atoms with van der Waals surface area (Å²) in [7, 11) is 1.47. The maximum absolute atomic E-state index is 12.2. The molecule has 0 saturated heterocycles. The van der Waals surface area contributed by atoms with E-state index in [1.165, 1.54) is 30.6 Å². The average Bonchev–Trinajstić information content (AvgIpc) is 3.26. The van der Waals surface area contributed by atoms with Crippen molar-refractivity contribution in [1.82, 2.24) is 10.2 Å². The van der Waals surface area contributed by atoms with Crippen LogP contribution in [0, 0.1) is 0 Å². The van der Waals surface area contributed by atoms with E-state index in [0.29, 0.717) is 11.6 Å². The number of phenols is 1. The highest BCUT2D eigenvalue weighted by atomic mass is 32.1. The van der Waals surface area contributed by atoms with E-state index in [2.05, 4.69) is 10.2 Å². The highest BCUT2D eigenvalue weighted by Crippen LogP contribution is 2.28. The van der Waals surface area contributed by atoms with Gasteiger partial charge in [0.25, 0.3) is 11.8 Å². The molecule has 0 amide bonds. The van der Waals surface area contributed by atoms with Crippen molar-refractivity contribution in [2.24, 2.45) is 0 Å². The zero-order chi connectivity index (χ0) is 17.1. The fourth-order valence-electron chi connectivity index (χ4n) is 1.98. The molecular formula is C16H14N2O5S. The van der Waals surface area contributed by atoms with Crippen LogP contribution < -0.4 is 4.74 Å². The third-order valence-corrected chi connectivity index (χ3v) is 4.09. The topological polar surface area (TPSA) is 94.7 Å². The minimum atomic E-state index is -0.760. The fraction of sp³-hybridized carbons (Fsp3) is 0.188. The average molecular weight is 346 g/mol. The van der Waals surface area contributed by atoms with E-state index in [0.717, 1.165) is 4.88 Å². The molecule has 2 aromatic heterocycles. The number of methoxy groups -OCH3 is 1. The third kappa shape index (κ3) is 3.23. The number of ether oxygens (including phenoxy) is 2. The molecule has 3 aromatic rings. The highest BCUT2D eigenvalue weighted by Gasteiger charge is 2.22. The SMILES string of the molecule is COc1ccc(O)c(C(=O)O[C@H](C)c2nnc(-c3cccs3)o2)c1. The molecule has 1 aromatic carbocycles. The second-order valence-corrected chi connectivity index (χ2v) is 5.80. The number of thiophene rings is 1. The van der Waals surface area contributed by atoms with Gasteiger partial charge in [0.1, 0.15) is 17.1 Å². The molecule has 0 aliphatic rings. The van der Waals surface area contributed by atoms with Gasteiger partial charge in [-0.15, -0.1) is 21.5 Å². The first-order chi connectivity index (χ1) is 11.6. The number of hydrogen-bond acceptors (Lipinski definition) is 8. The first kappa shape index (κ1) is 16.0. The van der Waals surface area contributed by atoms with E-state index in [4.69, 9.17) is 13.9 Å². The molecule has 1 N–H and O–H groups in total. The lowest BCUT2D eigenvalue weighted by atomic mass is 10.2. The van der Waals surface area contributed by atoms with Gasteiger partial charge in [0.2, 0.25) is 0 Å². The van der Waals surface area contributed by atoms with E-state index in [1.807, 2.05) is 17.5 Å². The number of esters is 1. The Balaban J connectivity index is 1.75. The summed E-state index contributed by atoms with van der Waals surface area (Å²) >= 11 is 1.47. The van der Waals surface area contributed by atoms with Crippen LogP contribution in [0.3, 0.4) is 0 Å². The molecule has 7 nitrogen and oxygen atoms in total. The summed E-state index contributed by atoms with van der Waals surface area (Å²) in [5.41, 5.74) is -0.000745. The Labute approximate surface area is 141 Å². The van der Waals surface area contributed by atoms with Crippen LogP contribution in [0.2, 0.25) is 0 Å². The van der Waals surface area contributed by atoms with Gasteiger partial charge in [-0.1, -0.05) is 6.07 Å². The van der Waals surface area contributed by atoms with E-state index in [9.17, 15) is 9.90 Å². The van der Waals surface area contributed by atoms with Gasteiger partial charge in [0.15, 0.2) is 6.10 Å². The lowest BCUT2D eigenvalue weighted by Gasteiger charge is -2.11. The van der Waals surface area contributed by atoms with Crippen molar-refractivity contribution in [2.45, 2.75) is 13.0 Å². The minimum absolute atomic E-state index is 0.000745. The van der Waals surface area contributed by atoms with E-state index in [1.54, 1.807) is 13.0 Å². The molecule has 0 unspecified atom stereocenters. The van der Waals surface area contributed by atoms with Gasteiger partial charge in [-0.3, -0.25) is 0 Å². The molecule has 24 heavy (non-hydrogen) atoms. The van der Waals surface area contributed by atoms with Crippen molar-refractivity contribution in [3.8, 4) is 22.3 Å². The molecule has 0 fully saturated rings. The van der Waals surface area contributed by atoms with Gasteiger partial charge in [0.05, 0.1) is 12.0 Å². The molecule has 0 saturated carbocycles. The predicted octanol–water partition coefficient (Wildman–Crippen LogP) is 3.43. The van der Waals surface area contributed by atoms with Crippen LogP contribution in [0.4, 0.5) is 0 Å². The Hall–Kier alpha value is -2.87. The zero-order valence-electron chi connectivity index (χ0n) is 12.9. The first-order valence-electron chi connectivity index (χ1n) is 7.03. The van der Waals surface area contributed by atoms with E-state index < -0.39 is 12.1 Å². The van der Waals surface area contributed by atoms with Crippen LogP contribution in [0.1, 0.15) is 29.3 Å². The number of carbonyl (C=O) groups excluding carboxylic acids is 1. The standard InChI is InChI=1S/C16H14N2O5S/c1-9(14-17-18-15(23-14)13-4-3-7-24-13)22-16(20)11-8-10(21-2)5-6-12(11)19/h3-9,19H,1-2H3/t9-/m1/s1. The number of hydrogen-bond donors (Lipinski definition) is 1. The van der Waals surface area contributed by atoms with Crippen molar-refractivity contribution in [3.05, 3.63) is 47.2 Å². The van der Waals surface area contributed by atoms with Crippen molar-refractivity contribution >= 4 is 17.3 Å². The molecule has 1 atom stereocenters. The number of aromatic nitrogens is 2. The van der Waals surface area contributed by atoms with Crippen molar-refractivity contribution in [1.29, 1.82) is 0 Å². The number of phenolic OH excluding ortho intramolecular Hbond substituents is 1. The largest absolute Gasteiger partial charge is 0.507 e. The van der Waals surface area contributed by atoms with Crippen LogP contribution in [-0.2, 0) is 4.74 Å². The Bertz CT molecular complexity index is 844. The van der Waals surface area contributed by atoms with Gasteiger partial charge in [-0.05, 0) is 36.6 Å². The number of benzene rings is 1. The molecular weight excluding hydrogens is 332 g/mol. The minimum Gasteiger partial charge on any atom is -0.507 e. The molecule has 0 spiro atoms. The zero-order valence-corrected chi connectivity index (χ0v) is 13.7. The normalized spacial score (nSPS) is 11.9. The summed E-state index contributed by atoms with van der Waals surface area (Å²) < 4.78 is 15.8. The monoisotopic (exact) mass is 346 g/mol. The van der Waals surface area contributed by atoms with E-state index in [-0.39, 0.29) is 17.2 Å². The van der Waals surface area contributed by atoms with E-state index >= 15 is 0 Å². The van der Waals surface area contributed by atoms with Crippen molar-refractivity contribution < 1.29 is 23.8 Å². The summed E-state index contributed by atoms with van der Waals surface area (Å²) in [5.74, 6) is 0.0685. The molecule has 3 rings (SSSR count). The second-order valence-electron chi connectivity index (χ2n) is 4.85. The predicted molar refractivity (Wildman–Crippen MR) is 86.1 cm³/mol. The highest BCUT2D eigenvalue weighted by molar-refractivity contribution is 7.13. The number of aromatic hydroxyl groups is 1. The summed E-state index contributed by atoms with van der Waals surface area (Å²) in [6, 6.07) is 8.03. The van der Waals surface area contributed by atoms with Gasteiger partial charge < -0.3 is 19.0 Å². The van der Waals surface area contributed by atoms with Crippen LogP contribution >= 0.6 is 11.3 Å². The maximum atomic E-state index is 12.2. The fourth-order valence-corrected chi connectivity index (χ4v) is 2.62. The van der Waals surface area contributed by atoms with Gasteiger partial charge in [-0.2, -0.15) is 0 Å². The summed E-state index contributed by atoms with van der Waals surface area (Å²) in [5, 5.41) is 19.5. The molecule has 0 bridgehead atoms. The van der Waals surface area contributed by atoms with Crippen LogP contribution in [-0.4, -0.2) is 28.4 Å². The molecule has 2 heterocycles. The Morgan fingerprint density at radius 2 is 2.17 bits per heavy atom. The maximum Gasteiger partial charge on any atom is 0.342 e. The van der Waals surface area contributed by atoms with Crippen molar-refractivity contribution in [2.75, 3.05) is 7.11 Å². The molecule has 0 aliphatic heterocycles. The molecule has 8 heteroatoms. The first-order valence-corrected chi connectivity index (χ1v) is 7.91. The quantitative estimate of drug-likeness (QED) is 0.707. The van der Waals surface area contributed by atoms with Gasteiger partial charge >= 0.3 is 5.97 Å².